The maximum atomic E-state index is 12.5. The molecule has 0 spiro atoms. The van der Waals surface area contributed by atoms with Crippen LogP contribution in [0.3, 0.4) is 0 Å². The third-order valence-electron chi connectivity index (χ3n) is 3.16. The molecule has 2 aromatic rings. The van der Waals surface area contributed by atoms with Gasteiger partial charge in [0, 0.05) is 7.05 Å². The van der Waals surface area contributed by atoms with E-state index in [2.05, 4.69) is 0 Å². The minimum Gasteiger partial charge on any atom is -0.481 e. The van der Waals surface area contributed by atoms with E-state index in [0.717, 1.165) is 10.6 Å². The van der Waals surface area contributed by atoms with Crippen LogP contribution in [0.15, 0.2) is 48.5 Å². The van der Waals surface area contributed by atoms with Gasteiger partial charge >= 0.3 is 5.97 Å². The zero-order valence-corrected chi connectivity index (χ0v) is 13.9. The van der Waals surface area contributed by atoms with Crippen molar-refractivity contribution in [2.45, 2.75) is 12.8 Å². The SMILES string of the molecule is CON(C)C(=O)Cc1ccc(F)cc1.O=C(O)Cc1ccc(F)cc1. The Morgan fingerprint density at radius 1 is 0.920 bits per heavy atom. The molecule has 1 N–H and O–H groups in total. The van der Waals surface area contributed by atoms with Crippen molar-refractivity contribution in [1.82, 2.24) is 5.06 Å². The third kappa shape index (κ3) is 8.03. The molecule has 0 unspecified atom stereocenters. The van der Waals surface area contributed by atoms with Crippen molar-refractivity contribution in [3.63, 3.8) is 0 Å². The topological polar surface area (TPSA) is 66.8 Å². The number of hydrogen-bond donors (Lipinski definition) is 1. The van der Waals surface area contributed by atoms with Crippen LogP contribution >= 0.6 is 0 Å². The third-order valence-corrected chi connectivity index (χ3v) is 3.16. The maximum absolute atomic E-state index is 12.5. The summed E-state index contributed by atoms with van der Waals surface area (Å²) in [5.41, 5.74) is 1.37. The highest BCUT2D eigenvalue weighted by Gasteiger charge is 2.08. The number of halogens is 2. The summed E-state index contributed by atoms with van der Waals surface area (Å²) >= 11 is 0. The van der Waals surface area contributed by atoms with E-state index in [0.29, 0.717) is 5.56 Å². The number of amides is 1. The number of carbonyl (C=O) groups excluding carboxylic acids is 1. The molecule has 0 fully saturated rings. The first-order valence-corrected chi connectivity index (χ1v) is 7.33. The molecular weight excluding hydrogens is 332 g/mol. The number of hydroxylamine groups is 2. The summed E-state index contributed by atoms with van der Waals surface area (Å²) in [5.74, 6) is -1.73. The number of rotatable bonds is 5. The lowest BCUT2D eigenvalue weighted by Crippen LogP contribution is -2.26. The van der Waals surface area contributed by atoms with E-state index in [1.54, 1.807) is 12.1 Å². The van der Waals surface area contributed by atoms with Crippen molar-refractivity contribution in [1.29, 1.82) is 0 Å². The van der Waals surface area contributed by atoms with Crippen LogP contribution in [0.5, 0.6) is 0 Å². The summed E-state index contributed by atoms with van der Waals surface area (Å²) < 4.78 is 24.8. The van der Waals surface area contributed by atoms with Crippen molar-refractivity contribution in [3.05, 3.63) is 71.3 Å². The van der Waals surface area contributed by atoms with E-state index < -0.39 is 5.97 Å². The van der Waals surface area contributed by atoms with Crippen LogP contribution in [0.2, 0.25) is 0 Å². The second-order valence-electron chi connectivity index (χ2n) is 5.07. The largest absolute Gasteiger partial charge is 0.481 e. The molecule has 25 heavy (non-hydrogen) atoms. The molecule has 134 valence electrons. The Hall–Kier alpha value is -2.80. The van der Waals surface area contributed by atoms with E-state index >= 15 is 0 Å². The van der Waals surface area contributed by atoms with Gasteiger partial charge in [0.25, 0.3) is 0 Å². The van der Waals surface area contributed by atoms with Crippen LogP contribution in [0.25, 0.3) is 0 Å². The summed E-state index contributed by atoms with van der Waals surface area (Å²) in [6.45, 7) is 0. The van der Waals surface area contributed by atoms with Gasteiger partial charge in [0.1, 0.15) is 11.6 Å². The highest BCUT2D eigenvalue weighted by Crippen LogP contribution is 2.05. The average molecular weight is 351 g/mol. The van der Waals surface area contributed by atoms with Gasteiger partial charge in [0.05, 0.1) is 20.0 Å². The zero-order valence-electron chi connectivity index (χ0n) is 13.9. The second kappa shape index (κ2) is 10.1. The van der Waals surface area contributed by atoms with E-state index in [1.807, 2.05) is 0 Å². The lowest BCUT2D eigenvalue weighted by molar-refractivity contribution is -0.167. The molecule has 1 amide bonds. The fourth-order valence-corrected chi connectivity index (χ4v) is 1.77. The molecule has 5 nitrogen and oxygen atoms in total. The molecule has 0 heterocycles. The van der Waals surface area contributed by atoms with Crippen molar-refractivity contribution >= 4 is 11.9 Å². The number of nitrogens with zero attached hydrogens (tertiary/aromatic N) is 1. The van der Waals surface area contributed by atoms with Gasteiger partial charge in [-0.15, -0.1) is 0 Å². The predicted molar refractivity (Wildman–Crippen MR) is 87.6 cm³/mol. The summed E-state index contributed by atoms with van der Waals surface area (Å²) in [7, 11) is 2.95. The molecule has 0 bridgehead atoms. The number of benzene rings is 2. The lowest BCUT2D eigenvalue weighted by Gasteiger charge is -2.13. The van der Waals surface area contributed by atoms with Gasteiger partial charge in [-0.2, -0.15) is 0 Å². The fourth-order valence-electron chi connectivity index (χ4n) is 1.77. The van der Waals surface area contributed by atoms with E-state index in [1.165, 1.54) is 50.6 Å². The molecule has 0 saturated heterocycles. The minimum atomic E-state index is -0.906. The number of hydrogen-bond acceptors (Lipinski definition) is 3. The van der Waals surface area contributed by atoms with E-state index in [-0.39, 0.29) is 30.4 Å². The van der Waals surface area contributed by atoms with Gasteiger partial charge in [-0.1, -0.05) is 24.3 Å². The number of carboxylic acid groups (broad SMARTS) is 1. The van der Waals surface area contributed by atoms with Gasteiger partial charge in [-0.25, -0.2) is 13.8 Å². The number of aliphatic carboxylic acids is 1. The van der Waals surface area contributed by atoms with Gasteiger partial charge < -0.3 is 5.11 Å². The summed E-state index contributed by atoms with van der Waals surface area (Å²) in [5, 5.41) is 9.48. The van der Waals surface area contributed by atoms with Crippen molar-refractivity contribution in [2.24, 2.45) is 0 Å². The fraction of sp³-hybridized carbons (Fsp3) is 0.222. The van der Waals surface area contributed by atoms with E-state index in [4.69, 9.17) is 9.94 Å². The molecule has 0 saturated carbocycles. The molecule has 0 aliphatic rings. The van der Waals surface area contributed by atoms with Crippen LogP contribution in [0, 0.1) is 11.6 Å². The molecular formula is C18H19F2NO4. The zero-order chi connectivity index (χ0) is 18.8. The summed E-state index contributed by atoms with van der Waals surface area (Å²) in [4.78, 5) is 26.2. The Bertz CT molecular complexity index is 687. The van der Waals surface area contributed by atoms with Crippen LogP contribution < -0.4 is 0 Å². The Kier molecular flexibility index (Phi) is 8.22. The highest BCUT2D eigenvalue weighted by atomic mass is 19.1. The smallest absolute Gasteiger partial charge is 0.307 e. The Morgan fingerprint density at radius 3 is 1.68 bits per heavy atom. The molecule has 0 aromatic heterocycles. The average Bonchev–Trinajstić information content (AvgIpc) is 2.58. The van der Waals surface area contributed by atoms with Gasteiger partial charge in [-0.3, -0.25) is 14.4 Å². The standard InChI is InChI=1S/C10H12FNO2.C8H7FO2/c1-12(14-2)10(13)7-8-3-5-9(11)6-4-8;9-7-3-1-6(2-4-7)5-8(10)11/h3-6H,7H2,1-2H3;1-4H,5H2,(H,10,11). The molecule has 0 radical (unpaired) electrons. The van der Waals surface area contributed by atoms with Crippen molar-refractivity contribution in [2.75, 3.05) is 14.2 Å². The Balaban J connectivity index is 0.000000257. The van der Waals surface area contributed by atoms with Crippen LogP contribution in [-0.4, -0.2) is 36.2 Å². The number of carbonyl (C=O) groups is 2. The molecule has 2 rings (SSSR count). The Labute approximate surface area is 144 Å². The van der Waals surface area contributed by atoms with Gasteiger partial charge in [0.15, 0.2) is 0 Å². The first kappa shape index (κ1) is 20.2. The lowest BCUT2D eigenvalue weighted by atomic mass is 10.1. The number of carboxylic acids is 1. The first-order chi connectivity index (χ1) is 11.8. The molecule has 2 aromatic carbocycles. The number of likely N-dealkylation sites (N-methyl/N-ethyl adjacent to an activating group) is 1. The molecule has 0 atom stereocenters. The first-order valence-electron chi connectivity index (χ1n) is 7.33. The normalized spacial score (nSPS) is 9.76. The van der Waals surface area contributed by atoms with Crippen molar-refractivity contribution < 1.29 is 28.3 Å². The van der Waals surface area contributed by atoms with Crippen LogP contribution in [-0.2, 0) is 27.3 Å². The monoisotopic (exact) mass is 351 g/mol. The second-order valence-corrected chi connectivity index (χ2v) is 5.07. The van der Waals surface area contributed by atoms with Crippen LogP contribution in [0.4, 0.5) is 8.78 Å². The minimum absolute atomic E-state index is 0.0553. The molecule has 7 heteroatoms. The van der Waals surface area contributed by atoms with Gasteiger partial charge in [-0.05, 0) is 35.4 Å². The highest BCUT2D eigenvalue weighted by molar-refractivity contribution is 5.77. The van der Waals surface area contributed by atoms with E-state index in [9.17, 15) is 18.4 Å². The van der Waals surface area contributed by atoms with Crippen molar-refractivity contribution in [3.8, 4) is 0 Å². The summed E-state index contributed by atoms with van der Waals surface area (Å²) in [6, 6.07) is 11.2. The molecule has 0 aliphatic heterocycles. The Morgan fingerprint density at radius 2 is 1.32 bits per heavy atom. The molecule has 0 aliphatic carbocycles. The van der Waals surface area contributed by atoms with Gasteiger partial charge in [0.2, 0.25) is 5.91 Å². The summed E-state index contributed by atoms with van der Waals surface area (Å²) in [6.07, 6.45) is 0.158. The van der Waals surface area contributed by atoms with Crippen LogP contribution in [0.1, 0.15) is 11.1 Å². The quantitative estimate of drug-likeness (QED) is 0.841. The maximum Gasteiger partial charge on any atom is 0.307 e. The predicted octanol–water partition coefficient (Wildman–Crippen LogP) is 2.84.